The number of rotatable bonds is 5. The molecule has 21 heavy (non-hydrogen) atoms. The number of hydrogen-bond acceptors (Lipinski definition) is 6. The second-order valence-electron chi connectivity index (χ2n) is 4.95. The summed E-state index contributed by atoms with van der Waals surface area (Å²) in [5.74, 6) is 1.75. The van der Waals surface area contributed by atoms with Crippen LogP contribution in [0.4, 0.5) is 0 Å². The van der Waals surface area contributed by atoms with Crippen LogP contribution in [0, 0.1) is 0 Å². The lowest BCUT2D eigenvalue weighted by molar-refractivity contribution is 0.0925. The van der Waals surface area contributed by atoms with Crippen molar-refractivity contribution in [3.8, 4) is 5.75 Å². The van der Waals surface area contributed by atoms with Gasteiger partial charge in [-0.3, -0.25) is 9.69 Å². The van der Waals surface area contributed by atoms with Crippen LogP contribution < -0.4 is 4.74 Å². The molecule has 1 heterocycles. The average molecular weight is 329 g/mol. The predicted molar refractivity (Wildman–Crippen MR) is 84.9 cm³/mol. The van der Waals surface area contributed by atoms with Crippen molar-refractivity contribution in [2.75, 3.05) is 38.0 Å². The Balaban J connectivity index is 2.17. The number of sulfone groups is 1. The van der Waals surface area contributed by atoms with E-state index in [9.17, 15) is 13.2 Å². The number of nitrogens with zero attached hydrogens (tertiary/aromatic N) is 1. The number of methoxy groups -OCH3 is 1. The predicted octanol–water partition coefficient (Wildman–Crippen LogP) is 1.30. The second kappa shape index (κ2) is 6.81. The summed E-state index contributed by atoms with van der Waals surface area (Å²) in [7, 11) is -1.68. The Morgan fingerprint density at radius 2 is 2.14 bits per heavy atom. The molecule has 0 spiro atoms. The molecule has 1 aromatic carbocycles. The highest BCUT2D eigenvalue weighted by atomic mass is 32.2. The molecule has 0 bridgehead atoms. The van der Waals surface area contributed by atoms with Gasteiger partial charge in [-0.25, -0.2) is 8.42 Å². The number of thioether (sulfide) groups is 1. The molecule has 0 amide bonds. The van der Waals surface area contributed by atoms with Gasteiger partial charge in [-0.15, -0.1) is 0 Å². The topological polar surface area (TPSA) is 63.7 Å². The standard InChI is InChI=1S/C14H19NO4S2/c1-19-13-6-4-3-5-11(13)12(16)9-15-7-8-20-10-14(15)21(2,17)18/h3-6,14H,7-10H2,1-2H3. The van der Waals surface area contributed by atoms with E-state index in [1.807, 2.05) is 0 Å². The second-order valence-corrected chi connectivity index (χ2v) is 8.31. The first-order chi connectivity index (χ1) is 9.93. The van der Waals surface area contributed by atoms with Gasteiger partial charge >= 0.3 is 0 Å². The van der Waals surface area contributed by atoms with Crippen LogP contribution in [0.25, 0.3) is 0 Å². The SMILES string of the molecule is COc1ccccc1C(=O)CN1CCSCC1S(C)(=O)=O. The van der Waals surface area contributed by atoms with E-state index in [2.05, 4.69) is 0 Å². The van der Waals surface area contributed by atoms with Crippen molar-refractivity contribution >= 4 is 27.4 Å². The molecule has 2 rings (SSSR count). The molecule has 1 fully saturated rings. The number of benzene rings is 1. The quantitative estimate of drug-likeness (QED) is 0.759. The minimum absolute atomic E-state index is 0.0959. The van der Waals surface area contributed by atoms with Crippen LogP contribution in [0.2, 0.25) is 0 Å². The Morgan fingerprint density at radius 3 is 2.81 bits per heavy atom. The van der Waals surface area contributed by atoms with Crippen molar-refractivity contribution in [3.05, 3.63) is 29.8 Å². The van der Waals surface area contributed by atoms with E-state index in [4.69, 9.17) is 4.74 Å². The molecule has 1 aliphatic heterocycles. The number of carbonyl (C=O) groups excluding carboxylic acids is 1. The molecule has 1 aromatic rings. The zero-order chi connectivity index (χ0) is 15.5. The molecular formula is C14H19NO4S2. The van der Waals surface area contributed by atoms with E-state index < -0.39 is 15.2 Å². The Labute approximate surface area is 129 Å². The first-order valence-corrected chi connectivity index (χ1v) is 9.71. The maximum atomic E-state index is 12.4. The summed E-state index contributed by atoms with van der Waals surface area (Å²) >= 11 is 1.61. The largest absolute Gasteiger partial charge is 0.496 e. The van der Waals surface area contributed by atoms with Gasteiger partial charge in [-0.1, -0.05) is 12.1 Å². The Kier molecular flexibility index (Phi) is 5.29. The zero-order valence-corrected chi connectivity index (χ0v) is 13.7. The normalized spacial score (nSPS) is 20.2. The average Bonchev–Trinajstić information content (AvgIpc) is 2.46. The van der Waals surface area contributed by atoms with Gasteiger partial charge in [0, 0.05) is 24.3 Å². The van der Waals surface area contributed by atoms with Gasteiger partial charge in [-0.05, 0) is 12.1 Å². The molecule has 1 unspecified atom stereocenters. The molecule has 1 atom stereocenters. The Hall–Kier alpha value is -1.05. The molecular weight excluding hydrogens is 310 g/mol. The molecule has 0 saturated carbocycles. The fourth-order valence-corrected chi connectivity index (χ4v) is 5.28. The van der Waals surface area contributed by atoms with Crippen LogP contribution in [0.5, 0.6) is 5.75 Å². The van der Waals surface area contributed by atoms with Crippen molar-refractivity contribution in [3.63, 3.8) is 0 Å². The van der Waals surface area contributed by atoms with Gasteiger partial charge in [0.1, 0.15) is 11.1 Å². The third kappa shape index (κ3) is 3.99. The minimum Gasteiger partial charge on any atom is -0.496 e. The van der Waals surface area contributed by atoms with Crippen molar-refractivity contribution in [2.45, 2.75) is 5.37 Å². The number of Topliss-reactive ketones (excluding diaryl/α,β-unsaturated/α-hetero) is 1. The van der Waals surface area contributed by atoms with Gasteiger partial charge in [0.15, 0.2) is 15.6 Å². The summed E-state index contributed by atoms with van der Waals surface area (Å²) in [4.78, 5) is 14.2. The fraction of sp³-hybridized carbons (Fsp3) is 0.500. The van der Waals surface area contributed by atoms with Gasteiger partial charge < -0.3 is 4.74 Å². The summed E-state index contributed by atoms with van der Waals surface area (Å²) in [6.45, 7) is 0.696. The van der Waals surface area contributed by atoms with Crippen LogP contribution >= 0.6 is 11.8 Å². The fourth-order valence-electron chi connectivity index (χ4n) is 2.34. The minimum atomic E-state index is -3.20. The lowest BCUT2D eigenvalue weighted by Crippen LogP contribution is -2.48. The lowest BCUT2D eigenvalue weighted by atomic mass is 10.1. The van der Waals surface area contributed by atoms with Gasteiger partial charge in [0.05, 0.1) is 19.2 Å². The van der Waals surface area contributed by atoms with E-state index in [0.717, 1.165) is 5.75 Å². The van der Waals surface area contributed by atoms with Crippen LogP contribution in [-0.4, -0.2) is 62.4 Å². The summed E-state index contributed by atoms with van der Waals surface area (Å²) in [6.07, 6.45) is 1.23. The summed E-state index contributed by atoms with van der Waals surface area (Å²) in [5.41, 5.74) is 0.491. The highest BCUT2D eigenvalue weighted by molar-refractivity contribution is 8.00. The number of hydrogen-bond donors (Lipinski definition) is 0. The summed E-state index contributed by atoms with van der Waals surface area (Å²) in [5, 5.41) is -0.588. The van der Waals surface area contributed by atoms with E-state index in [0.29, 0.717) is 23.6 Å². The van der Waals surface area contributed by atoms with Crippen LogP contribution in [-0.2, 0) is 9.84 Å². The first kappa shape index (κ1) is 16.3. The first-order valence-electron chi connectivity index (χ1n) is 6.60. The van der Waals surface area contributed by atoms with E-state index in [1.165, 1.54) is 13.4 Å². The van der Waals surface area contributed by atoms with Crippen LogP contribution in [0.15, 0.2) is 24.3 Å². The van der Waals surface area contributed by atoms with E-state index in [1.54, 1.807) is 40.9 Å². The molecule has 7 heteroatoms. The van der Waals surface area contributed by atoms with Gasteiger partial charge in [-0.2, -0.15) is 11.8 Å². The van der Waals surface area contributed by atoms with Gasteiger partial charge in [0.2, 0.25) is 0 Å². The van der Waals surface area contributed by atoms with E-state index in [-0.39, 0.29) is 12.3 Å². The zero-order valence-electron chi connectivity index (χ0n) is 12.1. The number of para-hydroxylation sites is 1. The van der Waals surface area contributed by atoms with Crippen molar-refractivity contribution in [1.29, 1.82) is 0 Å². The van der Waals surface area contributed by atoms with Crippen LogP contribution in [0.3, 0.4) is 0 Å². The molecule has 1 saturated heterocycles. The third-order valence-corrected chi connectivity index (χ3v) is 6.13. The van der Waals surface area contributed by atoms with E-state index >= 15 is 0 Å². The smallest absolute Gasteiger partial charge is 0.180 e. The molecule has 0 N–H and O–H groups in total. The third-order valence-electron chi connectivity index (χ3n) is 3.44. The van der Waals surface area contributed by atoms with Crippen molar-refractivity contribution < 1.29 is 17.9 Å². The molecule has 5 nitrogen and oxygen atoms in total. The summed E-state index contributed by atoms with van der Waals surface area (Å²) < 4.78 is 28.9. The van der Waals surface area contributed by atoms with Crippen LogP contribution in [0.1, 0.15) is 10.4 Å². The summed E-state index contributed by atoms with van der Waals surface area (Å²) in [6, 6.07) is 7.00. The molecule has 116 valence electrons. The number of carbonyl (C=O) groups is 1. The Bertz CT molecular complexity index is 615. The molecule has 1 aliphatic rings. The maximum Gasteiger partial charge on any atom is 0.180 e. The molecule has 0 radical (unpaired) electrons. The monoisotopic (exact) mass is 329 g/mol. The number of ether oxygens (including phenoxy) is 1. The highest BCUT2D eigenvalue weighted by Gasteiger charge is 2.32. The Morgan fingerprint density at radius 1 is 1.43 bits per heavy atom. The van der Waals surface area contributed by atoms with Crippen molar-refractivity contribution in [1.82, 2.24) is 4.90 Å². The highest BCUT2D eigenvalue weighted by Crippen LogP contribution is 2.23. The maximum absolute atomic E-state index is 12.4. The molecule has 0 aromatic heterocycles. The lowest BCUT2D eigenvalue weighted by Gasteiger charge is -2.33. The van der Waals surface area contributed by atoms with Gasteiger partial charge in [0.25, 0.3) is 0 Å². The van der Waals surface area contributed by atoms with Crippen molar-refractivity contribution in [2.24, 2.45) is 0 Å². The molecule has 0 aliphatic carbocycles. The number of ketones is 1.